The van der Waals surface area contributed by atoms with Crippen molar-refractivity contribution >= 4 is 22.0 Å². The number of phenolic OH excluding ortho intramolecular Hbond substituents is 1. The molecule has 0 spiro atoms. The van der Waals surface area contributed by atoms with E-state index >= 15 is 0 Å². The summed E-state index contributed by atoms with van der Waals surface area (Å²) in [5, 5.41) is 9.95. The lowest BCUT2D eigenvalue weighted by atomic mass is 9.91. The Morgan fingerprint density at radius 2 is 1.82 bits per heavy atom. The smallest absolute Gasteiger partial charge is 0.235 e. The van der Waals surface area contributed by atoms with E-state index in [0.29, 0.717) is 4.47 Å². The van der Waals surface area contributed by atoms with Crippen LogP contribution in [0.1, 0.15) is 35.1 Å². The number of aliphatic imine (C=N–C) groups is 1. The summed E-state index contributed by atoms with van der Waals surface area (Å²) in [5.41, 5.74) is 3.48. The van der Waals surface area contributed by atoms with Gasteiger partial charge in [-0.05, 0) is 71.8 Å². The van der Waals surface area contributed by atoms with Crippen molar-refractivity contribution in [2.45, 2.75) is 39.2 Å². The Morgan fingerprint density at radius 3 is 2.29 bits per heavy atom. The molecule has 0 bridgehead atoms. The molecule has 4 heteroatoms. The summed E-state index contributed by atoms with van der Waals surface area (Å²) in [7, 11) is 0. The molecule has 17 heavy (non-hydrogen) atoms. The lowest BCUT2D eigenvalue weighted by Crippen LogP contribution is -2.09. The first kappa shape index (κ1) is 12.3. The first-order valence-electron chi connectivity index (χ1n) is 5.52. The second-order valence-electron chi connectivity index (χ2n) is 4.65. The first-order valence-corrected chi connectivity index (χ1v) is 6.31. The molecule has 2 rings (SSSR count). The summed E-state index contributed by atoms with van der Waals surface area (Å²) < 4.78 is 0.697. The number of rotatable bonds is 2. The van der Waals surface area contributed by atoms with Crippen LogP contribution in [0, 0.1) is 20.8 Å². The summed E-state index contributed by atoms with van der Waals surface area (Å²) in [6, 6.07) is 0. The number of carbonyl (C=O) groups excluding carboxylic acids is 1. The molecule has 1 aromatic rings. The predicted molar refractivity (Wildman–Crippen MR) is 69.1 cm³/mol. The molecule has 1 N–H and O–H groups in total. The van der Waals surface area contributed by atoms with E-state index in [4.69, 9.17) is 0 Å². The van der Waals surface area contributed by atoms with Gasteiger partial charge in [-0.2, -0.15) is 4.99 Å². The van der Waals surface area contributed by atoms with Gasteiger partial charge in [0.15, 0.2) is 0 Å². The Balaban J connectivity index is 2.75. The summed E-state index contributed by atoms with van der Waals surface area (Å²) in [4.78, 5) is 14.5. The molecule has 0 amide bonds. The molecule has 1 aliphatic carbocycles. The van der Waals surface area contributed by atoms with Crippen LogP contribution in [0.4, 0.5) is 0 Å². The molecule has 1 aliphatic rings. The topological polar surface area (TPSA) is 49.7 Å². The zero-order chi connectivity index (χ0) is 12.8. The van der Waals surface area contributed by atoms with Crippen molar-refractivity contribution in [3.05, 3.63) is 26.7 Å². The Bertz CT molecular complexity index is 512. The third-order valence-electron chi connectivity index (χ3n) is 3.65. The van der Waals surface area contributed by atoms with Gasteiger partial charge in [-0.1, -0.05) is 0 Å². The lowest BCUT2D eigenvalue weighted by molar-refractivity contribution is 0.465. The number of hydrogen-bond acceptors (Lipinski definition) is 3. The van der Waals surface area contributed by atoms with Crippen molar-refractivity contribution < 1.29 is 9.90 Å². The van der Waals surface area contributed by atoms with Crippen molar-refractivity contribution in [2.75, 3.05) is 0 Å². The number of phenols is 1. The van der Waals surface area contributed by atoms with Crippen LogP contribution in [0.25, 0.3) is 0 Å². The van der Waals surface area contributed by atoms with Gasteiger partial charge < -0.3 is 5.11 Å². The molecule has 0 aliphatic heterocycles. The van der Waals surface area contributed by atoms with Crippen molar-refractivity contribution in [1.82, 2.24) is 0 Å². The van der Waals surface area contributed by atoms with Crippen LogP contribution >= 0.6 is 15.9 Å². The Hall–Kier alpha value is -1.12. The van der Waals surface area contributed by atoms with E-state index in [-0.39, 0.29) is 5.75 Å². The highest BCUT2D eigenvalue weighted by Crippen LogP contribution is 2.54. The molecular formula is C13H14BrNO2. The third kappa shape index (κ3) is 1.72. The van der Waals surface area contributed by atoms with Crippen molar-refractivity contribution in [2.24, 2.45) is 4.99 Å². The molecule has 3 nitrogen and oxygen atoms in total. The monoisotopic (exact) mass is 295 g/mol. The highest BCUT2D eigenvalue weighted by atomic mass is 79.9. The molecule has 1 aromatic carbocycles. The zero-order valence-electron chi connectivity index (χ0n) is 10.1. The van der Waals surface area contributed by atoms with E-state index in [1.54, 1.807) is 6.08 Å². The summed E-state index contributed by atoms with van der Waals surface area (Å²) in [6.45, 7) is 5.77. The van der Waals surface area contributed by atoms with Crippen LogP contribution in [0.3, 0.4) is 0 Å². The maximum atomic E-state index is 10.5. The van der Waals surface area contributed by atoms with Crippen LogP contribution in [-0.4, -0.2) is 11.2 Å². The third-order valence-corrected chi connectivity index (χ3v) is 4.62. The van der Waals surface area contributed by atoms with Crippen LogP contribution in [0.2, 0.25) is 0 Å². The number of benzene rings is 1. The fraction of sp³-hybridized carbons (Fsp3) is 0.462. The maximum Gasteiger partial charge on any atom is 0.235 e. The van der Waals surface area contributed by atoms with Crippen molar-refractivity contribution in [1.29, 1.82) is 0 Å². The van der Waals surface area contributed by atoms with Crippen LogP contribution in [-0.2, 0) is 10.3 Å². The molecule has 0 aromatic heterocycles. The predicted octanol–water partition coefficient (Wildman–Crippen LogP) is 3.40. The molecule has 0 radical (unpaired) electrons. The average Bonchev–Trinajstić information content (AvgIpc) is 3.05. The van der Waals surface area contributed by atoms with E-state index in [9.17, 15) is 9.90 Å². The van der Waals surface area contributed by atoms with E-state index in [1.165, 1.54) is 0 Å². The number of hydrogen-bond donors (Lipinski definition) is 1. The summed E-state index contributed by atoms with van der Waals surface area (Å²) in [5.74, 6) is 0.273. The first-order chi connectivity index (χ1) is 7.94. The molecule has 0 unspecified atom stereocenters. The van der Waals surface area contributed by atoms with Gasteiger partial charge in [0.2, 0.25) is 6.08 Å². The van der Waals surface area contributed by atoms with Gasteiger partial charge in [0, 0.05) is 0 Å². The second kappa shape index (κ2) is 3.97. The zero-order valence-corrected chi connectivity index (χ0v) is 11.7. The highest BCUT2D eigenvalue weighted by Gasteiger charge is 2.47. The van der Waals surface area contributed by atoms with Crippen LogP contribution in [0.5, 0.6) is 5.75 Å². The minimum Gasteiger partial charge on any atom is -0.506 e. The fourth-order valence-corrected chi connectivity index (χ4v) is 2.92. The minimum absolute atomic E-state index is 0.273. The Morgan fingerprint density at radius 1 is 1.24 bits per heavy atom. The highest BCUT2D eigenvalue weighted by molar-refractivity contribution is 9.10. The number of isocyanates is 1. The number of halogens is 1. The van der Waals surface area contributed by atoms with E-state index < -0.39 is 5.54 Å². The molecule has 1 fully saturated rings. The van der Waals surface area contributed by atoms with Gasteiger partial charge >= 0.3 is 0 Å². The molecular weight excluding hydrogens is 282 g/mol. The van der Waals surface area contributed by atoms with Crippen molar-refractivity contribution in [3.8, 4) is 5.75 Å². The number of nitrogens with zero attached hydrogens (tertiary/aromatic N) is 1. The summed E-state index contributed by atoms with van der Waals surface area (Å²) >= 11 is 3.40. The molecule has 1 saturated carbocycles. The van der Waals surface area contributed by atoms with Gasteiger partial charge in [0.25, 0.3) is 0 Å². The largest absolute Gasteiger partial charge is 0.506 e. The van der Waals surface area contributed by atoms with Gasteiger partial charge in [0.1, 0.15) is 5.75 Å². The molecule has 0 atom stereocenters. The van der Waals surface area contributed by atoms with Gasteiger partial charge in [0.05, 0.1) is 10.0 Å². The minimum atomic E-state index is -0.392. The average molecular weight is 296 g/mol. The van der Waals surface area contributed by atoms with Gasteiger partial charge in [-0.15, -0.1) is 0 Å². The van der Waals surface area contributed by atoms with Gasteiger partial charge in [-0.25, -0.2) is 4.79 Å². The second-order valence-corrected chi connectivity index (χ2v) is 5.44. The van der Waals surface area contributed by atoms with Gasteiger partial charge in [-0.3, -0.25) is 0 Å². The number of aromatic hydroxyl groups is 1. The maximum absolute atomic E-state index is 10.5. The fourth-order valence-electron chi connectivity index (χ4n) is 2.42. The normalized spacial score (nSPS) is 16.5. The van der Waals surface area contributed by atoms with E-state index in [0.717, 1.165) is 35.1 Å². The van der Waals surface area contributed by atoms with Crippen LogP contribution < -0.4 is 0 Å². The molecule has 0 heterocycles. The standard InChI is InChI=1S/C13H14BrNO2/c1-7-8(2)12(17)11(14)9(3)10(7)13(4-5-13)15-6-16/h17H,4-5H2,1-3H3. The van der Waals surface area contributed by atoms with E-state index in [1.807, 2.05) is 20.8 Å². The quantitative estimate of drug-likeness (QED) is 0.671. The molecule has 0 saturated heterocycles. The van der Waals surface area contributed by atoms with Crippen molar-refractivity contribution in [3.63, 3.8) is 0 Å². The SMILES string of the molecule is Cc1c(C)c(C2(N=C=O)CC2)c(C)c(Br)c1O. The summed E-state index contributed by atoms with van der Waals surface area (Å²) in [6.07, 6.45) is 3.43. The van der Waals surface area contributed by atoms with Crippen LogP contribution in [0.15, 0.2) is 9.47 Å². The lowest BCUT2D eigenvalue weighted by Gasteiger charge is -2.20. The molecule has 90 valence electrons. The van der Waals surface area contributed by atoms with E-state index in [2.05, 4.69) is 20.9 Å². The Kier molecular flexibility index (Phi) is 2.88. The Labute approximate surface area is 109 Å².